The number of imidazole rings is 1. The second-order valence-corrected chi connectivity index (χ2v) is 5.63. The molecular weight excluding hydrogens is 312 g/mol. The van der Waals surface area contributed by atoms with Crippen molar-refractivity contribution in [1.82, 2.24) is 14.9 Å². The number of para-hydroxylation sites is 2. The average Bonchev–Trinajstić information content (AvgIpc) is 2.96. The summed E-state index contributed by atoms with van der Waals surface area (Å²) >= 11 is 0. The summed E-state index contributed by atoms with van der Waals surface area (Å²) in [6.45, 7) is 2.14. The zero-order chi connectivity index (χ0) is 17.1. The number of amides is 1. The van der Waals surface area contributed by atoms with E-state index in [0.717, 1.165) is 17.1 Å². The van der Waals surface area contributed by atoms with Crippen LogP contribution in [-0.2, 0) is 11.3 Å². The van der Waals surface area contributed by atoms with Crippen LogP contribution >= 0.6 is 0 Å². The van der Waals surface area contributed by atoms with Gasteiger partial charge in [0.15, 0.2) is 0 Å². The first-order chi connectivity index (χ1) is 11.5. The molecule has 0 saturated heterocycles. The monoisotopic (exact) mass is 329 g/mol. The van der Waals surface area contributed by atoms with Crippen LogP contribution in [0.1, 0.15) is 24.9 Å². The largest absolute Gasteiger partial charge is 0.349 e. The first-order valence-electron chi connectivity index (χ1n) is 7.69. The third kappa shape index (κ3) is 3.42. The summed E-state index contributed by atoms with van der Waals surface area (Å²) in [6, 6.07) is 10.5. The van der Waals surface area contributed by atoms with Gasteiger partial charge in [0.05, 0.1) is 23.4 Å². The SMILES string of the molecule is CC(NC(=O)CCn1cnc2ccccc21)c1ccc(F)cc1F. The standard InChI is InChI=1S/C18H17F2N3O/c1-12(14-7-6-13(19)10-15(14)20)22-18(24)8-9-23-11-21-16-4-2-3-5-17(16)23/h2-7,10-12H,8-9H2,1H3,(H,22,24). The van der Waals surface area contributed by atoms with Gasteiger partial charge in [0, 0.05) is 24.6 Å². The Morgan fingerprint density at radius 3 is 2.83 bits per heavy atom. The van der Waals surface area contributed by atoms with E-state index in [4.69, 9.17) is 0 Å². The number of halogens is 2. The molecule has 124 valence electrons. The molecule has 4 nitrogen and oxygen atoms in total. The molecular formula is C18H17F2N3O. The molecule has 2 aromatic carbocycles. The molecule has 1 atom stereocenters. The number of hydrogen-bond donors (Lipinski definition) is 1. The maximum atomic E-state index is 13.7. The molecule has 1 unspecified atom stereocenters. The number of fused-ring (bicyclic) bond motifs is 1. The van der Waals surface area contributed by atoms with Crippen molar-refractivity contribution in [3.63, 3.8) is 0 Å². The molecule has 0 radical (unpaired) electrons. The number of nitrogens with zero attached hydrogens (tertiary/aromatic N) is 2. The van der Waals surface area contributed by atoms with E-state index < -0.39 is 17.7 Å². The number of benzene rings is 2. The van der Waals surface area contributed by atoms with E-state index in [0.29, 0.717) is 6.54 Å². The molecule has 0 spiro atoms. The molecule has 0 aliphatic heterocycles. The number of carbonyl (C=O) groups excluding carboxylic acids is 1. The van der Waals surface area contributed by atoms with Gasteiger partial charge in [0.25, 0.3) is 0 Å². The van der Waals surface area contributed by atoms with Gasteiger partial charge in [-0.1, -0.05) is 18.2 Å². The number of aromatic nitrogens is 2. The minimum Gasteiger partial charge on any atom is -0.349 e. The van der Waals surface area contributed by atoms with E-state index in [1.54, 1.807) is 13.3 Å². The van der Waals surface area contributed by atoms with Crippen LogP contribution in [0.4, 0.5) is 8.78 Å². The minimum atomic E-state index is -0.664. The summed E-state index contributed by atoms with van der Waals surface area (Å²) in [5.41, 5.74) is 2.10. The number of nitrogens with one attached hydrogen (secondary N) is 1. The predicted molar refractivity (Wildman–Crippen MR) is 87.3 cm³/mol. The van der Waals surface area contributed by atoms with Gasteiger partial charge in [-0.05, 0) is 25.1 Å². The molecule has 0 saturated carbocycles. The Morgan fingerprint density at radius 1 is 1.25 bits per heavy atom. The fourth-order valence-corrected chi connectivity index (χ4v) is 2.65. The Hall–Kier alpha value is -2.76. The number of rotatable bonds is 5. The summed E-state index contributed by atoms with van der Waals surface area (Å²) in [5, 5.41) is 2.73. The highest BCUT2D eigenvalue weighted by Crippen LogP contribution is 2.18. The molecule has 0 fully saturated rings. The molecule has 1 amide bonds. The average molecular weight is 329 g/mol. The molecule has 6 heteroatoms. The predicted octanol–water partition coefficient (Wildman–Crippen LogP) is 3.58. The highest BCUT2D eigenvalue weighted by Gasteiger charge is 2.14. The maximum absolute atomic E-state index is 13.7. The second kappa shape index (κ2) is 6.78. The zero-order valence-electron chi connectivity index (χ0n) is 13.2. The first-order valence-corrected chi connectivity index (χ1v) is 7.69. The van der Waals surface area contributed by atoms with Crippen LogP contribution in [-0.4, -0.2) is 15.5 Å². The van der Waals surface area contributed by atoms with Gasteiger partial charge in [0.2, 0.25) is 5.91 Å². The highest BCUT2D eigenvalue weighted by atomic mass is 19.1. The van der Waals surface area contributed by atoms with Gasteiger partial charge in [-0.2, -0.15) is 0 Å². The lowest BCUT2D eigenvalue weighted by Crippen LogP contribution is -2.28. The molecule has 3 rings (SSSR count). The molecule has 0 aliphatic rings. The molecule has 1 heterocycles. The zero-order valence-corrected chi connectivity index (χ0v) is 13.2. The summed E-state index contributed by atoms with van der Waals surface area (Å²) in [4.78, 5) is 16.4. The van der Waals surface area contributed by atoms with Crippen LogP contribution in [0.15, 0.2) is 48.8 Å². The summed E-state index contributed by atoms with van der Waals surface area (Å²) in [7, 11) is 0. The lowest BCUT2D eigenvalue weighted by atomic mass is 10.1. The van der Waals surface area contributed by atoms with Gasteiger partial charge in [-0.3, -0.25) is 4.79 Å². The van der Waals surface area contributed by atoms with Crippen LogP contribution in [0.2, 0.25) is 0 Å². The lowest BCUT2D eigenvalue weighted by molar-refractivity contribution is -0.121. The molecule has 0 bridgehead atoms. The smallest absolute Gasteiger partial charge is 0.222 e. The van der Waals surface area contributed by atoms with Crippen LogP contribution in [0, 0.1) is 11.6 Å². The van der Waals surface area contributed by atoms with Crippen molar-refractivity contribution in [2.75, 3.05) is 0 Å². The number of carbonyl (C=O) groups is 1. The van der Waals surface area contributed by atoms with E-state index in [-0.39, 0.29) is 17.9 Å². The molecule has 0 aliphatic carbocycles. The summed E-state index contributed by atoms with van der Waals surface area (Å²) < 4.78 is 28.6. The van der Waals surface area contributed by atoms with E-state index in [1.807, 2.05) is 28.8 Å². The molecule has 3 aromatic rings. The topological polar surface area (TPSA) is 46.9 Å². The second-order valence-electron chi connectivity index (χ2n) is 5.63. The number of aryl methyl sites for hydroxylation is 1. The third-order valence-corrected chi connectivity index (χ3v) is 3.91. The van der Waals surface area contributed by atoms with E-state index in [9.17, 15) is 13.6 Å². The van der Waals surface area contributed by atoms with Crippen LogP contribution < -0.4 is 5.32 Å². The first kappa shape index (κ1) is 16.1. The normalized spacial score (nSPS) is 12.3. The van der Waals surface area contributed by atoms with Gasteiger partial charge in [-0.15, -0.1) is 0 Å². The summed E-state index contributed by atoms with van der Waals surface area (Å²) in [6.07, 6.45) is 1.94. The van der Waals surface area contributed by atoms with Crippen molar-refractivity contribution < 1.29 is 13.6 Å². The van der Waals surface area contributed by atoms with Crippen molar-refractivity contribution in [2.45, 2.75) is 25.9 Å². The van der Waals surface area contributed by atoms with Crippen molar-refractivity contribution in [2.24, 2.45) is 0 Å². The van der Waals surface area contributed by atoms with E-state index in [1.165, 1.54) is 12.1 Å². The maximum Gasteiger partial charge on any atom is 0.222 e. The van der Waals surface area contributed by atoms with Gasteiger partial charge < -0.3 is 9.88 Å². The van der Waals surface area contributed by atoms with Crippen molar-refractivity contribution >= 4 is 16.9 Å². The molecule has 24 heavy (non-hydrogen) atoms. The Kier molecular flexibility index (Phi) is 4.55. The molecule has 1 aromatic heterocycles. The molecule has 1 N–H and O–H groups in total. The van der Waals surface area contributed by atoms with Crippen LogP contribution in [0.3, 0.4) is 0 Å². The Bertz CT molecular complexity index is 876. The fraction of sp³-hybridized carbons (Fsp3) is 0.222. The van der Waals surface area contributed by atoms with E-state index >= 15 is 0 Å². The van der Waals surface area contributed by atoms with Crippen molar-refractivity contribution in [3.05, 3.63) is 66.0 Å². The quantitative estimate of drug-likeness (QED) is 0.778. The highest BCUT2D eigenvalue weighted by molar-refractivity contribution is 5.77. The Morgan fingerprint density at radius 2 is 2.04 bits per heavy atom. The van der Waals surface area contributed by atoms with Gasteiger partial charge in [0.1, 0.15) is 11.6 Å². The van der Waals surface area contributed by atoms with Crippen LogP contribution in [0.5, 0.6) is 0 Å². The van der Waals surface area contributed by atoms with Crippen molar-refractivity contribution in [1.29, 1.82) is 0 Å². The van der Waals surface area contributed by atoms with E-state index in [2.05, 4.69) is 10.3 Å². The Labute approximate surface area is 138 Å². The number of hydrogen-bond acceptors (Lipinski definition) is 2. The van der Waals surface area contributed by atoms with Gasteiger partial charge >= 0.3 is 0 Å². The van der Waals surface area contributed by atoms with Crippen molar-refractivity contribution in [3.8, 4) is 0 Å². The summed E-state index contributed by atoms with van der Waals surface area (Å²) in [5.74, 6) is -1.51. The Balaban J connectivity index is 1.61. The fourth-order valence-electron chi connectivity index (χ4n) is 2.65. The van der Waals surface area contributed by atoms with Crippen LogP contribution in [0.25, 0.3) is 11.0 Å². The third-order valence-electron chi connectivity index (χ3n) is 3.91. The lowest BCUT2D eigenvalue weighted by Gasteiger charge is -2.15. The minimum absolute atomic E-state index is 0.205. The van der Waals surface area contributed by atoms with Gasteiger partial charge in [-0.25, -0.2) is 13.8 Å².